The van der Waals surface area contributed by atoms with Gasteiger partial charge in [-0.3, -0.25) is 9.59 Å². The number of rotatable bonds is 6. The van der Waals surface area contributed by atoms with Crippen LogP contribution in [0, 0.1) is 5.92 Å². The van der Waals surface area contributed by atoms with Gasteiger partial charge >= 0.3 is 0 Å². The third kappa shape index (κ3) is 6.43. The fourth-order valence-corrected chi connectivity index (χ4v) is 3.68. The molecule has 31 heavy (non-hydrogen) atoms. The van der Waals surface area contributed by atoms with Gasteiger partial charge in [0.15, 0.2) is 0 Å². The van der Waals surface area contributed by atoms with Gasteiger partial charge < -0.3 is 20.9 Å². The van der Waals surface area contributed by atoms with Crippen molar-refractivity contribution in [2.75, 3.05) is 25.0 Å². The van der Waals surface area contributed by atoms with Crippen molar-refractivity contribution in [2.45, 2.75) is 19.3 Å². The molecule has 7 nitrogen and oxygen atoms in total. The molecule has 1 saturated heterocycles. The first kappa shape index (κ1) is 24.7. The normalized spacial score (nSPS) is 15.4. The summed E-state index contributed by atoms with van der Waals surface area (Å²) < 4.78 is 0. The molecule has 0 aliphatic carbocycles. The van der Waals surface area contributed by atoms with Crippen molar-refractivity contribution >= 4 is 53.3 Å². The topological polar surface area (TPSA) is 98.9 Å². The summed E-state index contributed by atoms with van der Waals surface area (Å²) >= 11 is 0. The molecule has 4 rings (SSSR count). The van der Waals surface area contributed by atoms with E-state index in [-0.39, 0.29) is 36.6 Å². The van der Waals surface area contributed by atoms with Crippen molar-refractivity contribution in [2.24, 2.45) is 5.92 Å². The third-order valence-corrected chi connectivity index (χ3v) is 5.30. The minimum absolute atomic E-state index is 0. The molecule has 1 fully saturated rings. The summed E-state index contributed by atoms with van der Waals surface area (Å²) in [4.78, 5) is 32.2. The summed E-state index contributed by atoms with van der Waals surface area (Å²) in [6.45, 7) is 2.78. The molecule has 1 unspecified atom stereocenters. The Hall–Kier alpha value is -2.61. The Morgan fingerprint density at radius 2 is 1.90 bits per heavy atom. The molecule has 1 aliphatic rings. The van der Waals surface area contributed by atoms with Gasteiger partial charge in [0.25, 0.3) is 11.8 Å². The Morgan fingerprint density at radius 3 is 2.71 bits per heavy atom. The Labute approximate surface area is 193 Å². The number of imidazole rings is 1. The van der Waals surface area contributed by atoms with E-state index in [0.29, 0.717) is 29.3 Å². The number of H-pyrrole nitrogens is 1. The highest BCUT2D eigenvalue weighted by Crippen LogP contribution is 2.16. The highest BCUT2D eigenvalue weighted by molar-refractivity contribution is 6.06. The highest BCUT2D eigenvalue weighted by Gasteiger charge is 2.14. The van der Waals surface area contributed by atoms with Crippen LogP contribution in [0.15, 0.2) is 48.8 Å². The van der Waals surface area contributed by atoms with E-state index in [9.17, 15) is 9.59 Å². The first-order chi connectivity index (χ1) is 14.2. The standard InChI is InChI=1S/C22H25N5O2.2ClH/c28-21(24-10-8-15-3-2-9-23-13-15)16-4-1-5-18(11-16)27-22(29)17-6-7-19-20(12-17)26-14-25-19;;/h1,4-7,11-12,14-15,23H,2-3,8-10,13H2,(H,24,28)(H,25,26)(H,27,29);2*1H. The number of nitrogens with one attached hydrogen (secondary N) is 4. The van der Waals surface area contributed by atoms with Gasteiger partial charge in [-0.15, -0.1) is 24.8 Å². The lowest BCUT2D eigenvalue weighted by Crippen LogP contribution is -2.33. The molecule has 1 aliphatic heterocycles. The molecule has 1 aromatic heterocycles. The van der Waals surface area contributed by atoms with Gasteiger partial charge in [-0.2, -0.15) is 0 Å². The smallest absolute Gasteiger partial charge is 0.255 e. The average molecular weight is 464 g/mol. The lowest BCUT2D eigenvalue weighted by Gasteiger charge is -2.22. The van der Waals surface area contributed by atoms with E-state index in [2.05, 4.69) is 25.9 Å². The third-order valence-electron chi connectivity index (χ3n) is 5.30. The lowest BCUT2D eigenvalue weighted by molar-refractivity contribution is 0.0949. The summed E-state index contributed by atoms with van der Waals surface area (Å²) in [5.74, 6) is 0.273. The van der Waals surface area contributed by atoms with Gasteiger partial charge in [-0.05, 0) is 74.7 Å². The number of anilines is 1. The van der Waals surface area contributed by atoms with E-state index in [1.165, 1.54) is 12.8 Å². The quantitative estimate of drug-likeness (QED) is 0.446. The van der Waals surface area contributed by atoms with Crippen LogP contribution in [0.4, 0.5) is 5.69 Å². The number of aromatic nitrogens is 2. The van der Waals surface area contributed by atoms with Crippen LogP contribution >= 0.6 is 24.8 Å². The van der Waals surface area contributed by atoms with E-state index in [0.717, 1.165) is 30.5 Å². The first-order valence-electron chi connectivity index (χ1n) is 10.0. The molecule has 0 saturated carbocycles. The number of carbonyl (C=O) groups excluding carboxylic acids is 2. The molecule has 2 amide bonds. The number of benzene rings is 2. The van der Waals surface area contributed by atoms with Crippen molar-refractivity contribution in [1.29, 1.82) is 0 Å². The number of halogens is 2. The average Bonchev–Trinajstić information content (AvgIpc) is 3.22. The van der Waals surface area contributed by atoms with Crippen LogP contribution in [0.3, 0.4) is 0 Å². The van der Waals surface area contributed by atoms with Crippen LogP contribution < -0.4 is 16.0 Å². The highest BCUT2D eigenvalue weighted by atomic mass is 35.5. The molecule has 3 aromatic rings. The van der Waals surface area contributed by atoms with E-state index in [1.807, 2.05) is 0 Å². The number of piperidine rings is 1. The predicted octanol–water partition coefficient (Wildman–Crippen LogP) is 3.78. The van der Waals surface area contributed by atoms with Gasteiger partial charge in [0, 0.05) is 23.4 Å². The summed E-state index contributed by atoms with van der Waals surface area (Å²) in [7, 11) is 0. The van der Waals surface area contributed by atoms with Crippen LogP contribution in [-0.2, 0) is 0 Å². The van der Waals surface area contributed by atoms with Crippen LogP contribution in [0.2, 0.25) is 0 Å². The van der Waals surface area contributed by atoms with Crippen molar-refractivity contribution < 1.29 is 9.59 Å². The van der Waals surface area contributed by atoms with Crippen LogP contribution in [-0.4, -0.2) is 41.4 Å². The monoisotopic (exact) mass is 463 g/mol. The fraction of sp³-hybridized carbons (Fsp3) is 0.318. The lowest BCUT2D eigenvalue weighted by atomic mass is 9.96. The fourth-order valence-electron chi connectivity index (χ4n) is 3.68. The molecule has 0 bridgehead atoms. The maximum absolute atomic E-state index is 12.6. The predicted molar refractivity (Wildman–Crippen MR) is 128 cm³/mol. The second kappa shape index (κ2) is 11.7. The van der Waals surface area contributed by atoms with Crippen molar-refractivity contribution in [3.63, 3.8) is 0 Å². The zero-order valence-electron chi connectivity index (χ0n) is 17.0. The summed E-state index contributed by atoms with van der Waals surface area (Å²) in [6, 6.07) is 12.3. The zero-order chi connectivity index (χ0) is 20.1. The maximum atomic E-state index is 12.6. The Kier molecular flexibility index (Phi) is 9.30. The summed E-state index contributed by atoms with van der Waals surface area (Å²) in [5.41, 5.74) is 3.26. The Bertz CT molecular complexity index is 1020. The number of hydrogen-bond acceptors (Lipinski definition) is 4. The van der Waals surface area contributed by atoms with Crippen molar-refractivity contribution in [1.82, 2.24) is 20.6 Å². The van der Waals surface area contributed by atoms with Gasteiger partial charge in [-0.25, -0.2) is 4.98 Å². The number of aromatic amines is 1. The molecular formula is C22H27Cl2N5O2. The van der Waals surface area contributed by atoms with Crippen LogP contribution in [0.5, 0.6) is 0 Å². The molecule has 1 atom stereocenters. The SMILES string of the molecule is Cl.Cl.O=C(NCCC1CCCNC1)c1cccc(NC(=O)c2ccc3nc[nH]c3c2)c1. The first-order valence-corrected chi connectivity index (χ1v) is 10.0. The molecule has 166 valence electrons. The van der Waals surface area contributed by atoms with E-state index >= 15 is 0 Å². The number of nitrogens with zero attached hydrogens (tertiary/aromatic N) is 1. The van der Waals surface area contributed by atoms with Crippen molar-refractivity contribution in [3.05, 3.63) is 59.9 Å². The molecule has 9 heteroatoms. The number of carbonyl (C=O) groups is 2. The second-order valence-corrected chi connectivity index (χ2v) is 7.43. The Balaban J connectivity index is 0.00000171. The minimum atomic E-state index is -0.233. The molecular weight excluding hydrogens is 437 g/mol. The minimum Gasteiger partial charge on any atom is -0.352 e. The molecule has 2 aromatic carbocycles. The van der Waals surface area contributed by atoms with Gasteiger partial charge in [0.1, 0.15) is 0 Å². The van der Waals surface area contributed by atoms with Crippen LogP contribution in [0.1, 0.15) is 40.0 Å². The Morgan fingerprint density at radius 1 is 1.06 bits per heavy atom. The van der Waals surface area contributed by atoms with Gasteiger partial charge in [-0.1, -0.05) is 6.07 Å². The second-order valence-electron chi connectivity index (χ2n) is 7.43. The van der Waals surface area contributed by atoms with E-state index in [1.54, 1.807) is 48.8 Å². The van der Waals surface area contributed by atoms with Gasteiger partial charge in [0.2, 0.25) is 0 Å². The van der Waals surface area contributed by atoms with E-state index in [4.69, 9.17) is 0 Å². The number of fused-ring (bicyclic) bond motifs is 1. The van der Waals surface area contributed by atoms with Crippen molar-refractivity contribution in [3.8, 4) is 0 Å². The molecule has 2 heterocycles. The van der Waals surface area contributed by atoms with Gasteiger partial charge in [0.05, 0.1) is 17.4 Å². The largest absolute Gasteiger partial charge is 0.352 e. The number of amides is 2. The maximum Gasteiger partial charge on any atom is 0.255 e. The van der Waals surface area contributed by atoms with Crippen LogP contribution in [0.25, 0.3) is 11.0 Å². The summed E-state index contributed by atoms with van der Waals surface area (Å²) in [5, 5.41) is 9.24. The zero-order valence-corrected chi connectivity index (χ0v) is 18.7. The molecule has 0 radical (unpaired) electrons. The summed E-state index contributed by atoms with van der Waals surface area (Å²) in [6.07, 6.45) is 4.99. The number of hydrogen-bond donors (Lipinski definition) is 4. The molecule has 4 N–H and O–H groups in total. The molecule has 0 spiro atoms. The van der Waals surface area contributed by atoms with E-state index < -0.39 is 0 Å².